The molecule has 1 aromatic heterocycles. The van der Waals surface area contributed by atoms with Crippen LogP contribution in [0.25, 0.3) is 0 Å². The summed E-state index contributed by atoms with van der Waals surface area (Å²) in [4.78, 5) is 17.4. The highest BCUT2D eigenvalue weighted by atomic mass is 32.2. The summed E-state index contributed by atoms with van der Waals surface area (Å²) in [7, 11) is -2.07. The number of imidazole rings is 1. The van der Waals surface area contributed by atoms with Gasteiger partial charge in [0, 0.05) is 12.7 Å². The third-order valence-corrected chi connectivity index (χ3v) is 3.72. The Hall–Kier alpha value is -2.35. The van der Waals surface area contributed by atoms with Crippen molar-refractivity contribution in [1.82, 2.24) is 9.97 Å². The summed E-state index contributed by atoms with van der Waals surface area (Å²) in [6.07, 6.45) is 1.17. The van der Waals surface area contributed by atoms with Crippen LogP contribution in [-0.2, 0) is 16.3 Å². The van der Waals surface area contributed by atoms with E-state index in [1.807, 2.05) is 0 Å². The summed E-state index contributed by atoms with van der Waals surface area (Å²) in [5, 5.41) is 8.77. The number of sulfone groups is 1. The Morgan fingerprint density at radius 2 is 2.14 bits per heavy atom. The smallest absolute Gasteiger partial charge is 0.356 e. The summed E-state index contributed by atoms with van der Waals surface area (Å²) in [6, 6.07) is 7.06. The molecule has 0 radical (unpaired) electrons. The van der Waals surface area contributed by atoms with Gasteiger partial charge in [0.1, 0.15) is 5.75 Å². The van der Waals surface area contributed by atoms with E-state index in [9.17, 15) is 13.2 Å². The van der Waals surface area contributed by atoms with Crippen LogP contribution in [0.4, 0.5) is 0 Å². The second-order valence-electron chi connectivity index (χ2n) is 4.47. The molecule has 21 heavy (non-hydrogen) atoms. The fraction of sp³-hybridized carbons (Fsp3) is 0.231. The molecule has 0 saturated heterocycles. The standard InChI is InChI=1S/C13H14N2O5S/c1-20-9-5-3-4-8(6-9)7-10-11(12(16)17)15-13(14-10)21(2,18)19/h3-6H,7H2,1-2H3,(H,14,15)(H,16,17). The Kier molecular flexibility index (Phi) is 3.99. The number of aromatic nitrogens is 2. The van der Waals surface area contributed by atoms with Crippen molar-refractivity contribution in [2.24, 2.45) is 0 Å². The van der Waals surface area contributed by atoms with E-state index in [0.717, 1.165) is 11.8 Å². The zero-order valence-corrected chi connectivity index (χ0v) is 12.3. The van der Waals surface area contributed by atoms with E-state index in [1.54, 1.807) is 24.3 Å². The number of carbonyl (C=O) groups is 1. The zero-order valence-electron chi connectivity index (χ0n) is 11.5. The molecule has 2 aromatic rings. The van der Waals surface area contributed by atoms with Gasteiger partial charge in [-0.2, -0.15) is 0 Å². The highest BCUT2D eigenvalue weighted by molar-refractivity contribution is 7.90. The SMILES string of the molecule is COc1cccc(Cc2[nH]c(S(C)(=O)=O)nc2C(=O)O)c1. The predicted molar refractivity (Wildman–Crippen MR) is 74.5 cm³/mol. The van der Waals surface area contributed by atoms with Crippen molar-refractivity contribution in [2.75, 3.05) is 13.4 Å². The van der Waals surface area contributed by atoms with Gasteiger partial charge in [0.2, 0.25) is 15.0 Å². The lowest BCUT2D eigenvalue weighted by Crippen LogP contribution is -2.03. The number of H-pyrrole nitrogens is 1. The van der Waals surface area contributed by atoms with Gasteiger partial charge in [-0.25, -0.2) is 18.2 Å². The van der Waals surface area contributed by atoms with Crippen molar-refractivity contribution >= 4 is 15.8 Å². The van der Waals surface area contributed by atoms with E-state index < -0.39 is 15.8 Å². The van der Waals surface area contributed by atoms with Crippen LogP contribution in [0, 0.1) is 0 Å². The number of aromatic amines is 1. The van der Waals surface area contributed by atoms with Crippen LogP contribution in [-0.4, -0.2) is 42.8 Å². The maximum absolute atomic E-state index is 11.5. The average Bonchev–Trinajstić information content (AvgIpc) is 2.83. The summed E-state index contributed by atoms with van der Waals surface area (Å²) >= 11 is 0. The minimum atomic E-state index is -3.60. The normalized spacial score (nSPS) is 11.3. The Labute approximate surface area is 121 Å². The summed E-state index contributed by atoms with van der Waals surface area (Å²) in [6.45, 7) is 0. The summed E-state index contributed by atoms with van der Waals surface area (Å²) in [5.74, 6) is -0.647. The van der Waals surface area contributed by atoms with Crippen molar-refractivity contribution < 1.29 is 23.1 Å². The van der Waals surface area contributed by atoms with Gasteiger partial charge in [-0.3, -0.25) is 0 Å². The Bertz CT molecular complexity index is 780. The first kappa shape index (κ1) is 15.0. The second-order valence-corrected chi connectivity index (χ2v) is 6.41. The molecule has 7 nitrogen and oxygen atoms in total. The molecule has 0 aliphatic carbocycles. The van der Waals surface area contributed by atoms with E-state index in [4.69, 9.17) is 9.84 Å². The van der Waals surface area contributed by atoms with Crippen LogP contribution in [0.2, 0.25) is 0 Å². The first-order chi connectivity index (χ1) is 9.81. The number of benzene rings is 1. The average molecular weight is 310 g/mol. The fourth-order valence-corrected chi connectivity index (χ4v) is 2.42. The van der Waals surface area contributed by atoms with E-state index in [-0.39, 0.29) is 23.0 Å². The van der Waals surface area contributed by atoms with Gasteiger partial charge in [-0.1, -0.05) is 12.1 Å². The van der Waals surface area contributed by atoms with Crippen molar-refractivity contribution in [2.45, 2.75) is 11.6 Å². The molecule has 1 heterocycles. The van der Waals surface area contributed by atoms with Crippen LogP contribution >= 0.6 is 0 Å². The summed E-state index contributed by atoms with van der Waals surface area (Å²) in [5.41, 5.74) is 0.718. The minimum absolute atomic E-state index is 0.210. The molecule has 2 N–H and O–H groups in total. The molecule has 0 unspecified atom stereocenters. The molecule has 0 saturated carbocycles. The number of hydrogen-bond acceptors (Lipinski definition) is 5. The second kappa shape index (κ2) is 5.57. The molecule has 0 spiro atoms. The van der Waals surface area contributed by atoms with Crippen LogP contribution in [0.15, 0.2) is 29.4 Å². The van der Waals surface area contributed by atoms with Crippen molar-refractivity contribution in [1.29, 1.82) is 0 Å². The molecule has 0 bridgehead atoms. The summed E-state index contributed by atoms with van der Waals surface area (Å²) < 4.78 is 28.0. The molecule has 0 atom stereocenters. The highest BCUT2D eigenvalue weighted by Gasteiger charge is 2.21. The number of aromatic carboxylic acids is 1. The topological polar surface area (TPSA) is 109 Å². The maximum atomic E-state index is 11.5. The number of methoxy groups -OCH3 is 1. The van der Waals surface area contributed by atoms with E-state index >= 15 is 0 Å². The molecule has 0 fully saturated rings. The molecule has 2 rings (SSSR count). The number of nitrogens with zero attached hydrogens (tertiary/aromatic N) is 1. The van der Waals surface area contributed by atoms with Crippen LogP contribution in [0.1, 0.15) is 21.7 Å². The molecule has 1 aromatic carbocycles. The van der Waals surface area contributed by atoms with Gasteiger partial charge < -0.3 is 14.8 Å². The Morgan fingerprint density at radius 1 is 1.43 bits per heavy atom. The maximum Gasteiger partial charge on any atom is 0.356 e. The molecule has 0 amide bonds. The van der Waals surface area contributed by atoms with Gasteiger partial charge in [0.05, 0.1) is 12.8 Å². The van der Waals surface area contributed by atoms with Gasteiger partial charge in [0.15, 0.2) is 5.69 Å². The van der Waals surface area contributed by atoms with E-state index in [0.29, 0.717) is 5.75 Å². The zero-order chi connectivity index (χ0) is 15.6. The minimum Gasteiger partial charge on any atom is -0.497 e. The van der Waals surface area contributed by atoms with Gasteiger partial charge in [-0.15, -0.1) is 0 Å². The van der Waals surface area contributed by atoms with Gasteiger partial charge in [0.25, 0.3) is 0 Å². The van der Waals surface area contributed by atoms with E-state index in [2.05, 4.69) is 9.97 Å². The number of carboxylic acids is 1. The van der Waals surface area contributed by atoms with Crippen LogP contribution in [0.5, 0.6) is 5.75 Å². The van der Waals surface area contributed by atoms with Crippen molar-refractivity contribution in [3.63, 3.8) is 0 Å². The Morgan fingerprint density at radius 3 is 2.71 bits per heavy atom. The van der Waals surface area contributed by atoms with Gasteiger partial charge in [-0.05, 0) is 17.7 Å². The van der Waals surface area contributed by atoms with Gasteiger partial charge >= 0.3 is 5.97 Å². The molecule has 0 aliphatic rings. The highest BCUT2D eigenvalue weighted by Crippen LogP contribution is 2.18. The lowest BCUT2D eigenvalue weighted by molar-refractivity contribution is 0.0689. The number of ether oxygens (including phenoxy) is 1. The van der Waals surface area contributed by atoms with E-state index in [1.165, 1.54) is 7.11 Å². The number of rotatable bonds is 5. The monoisotopic (exact) mass is 310 g/mol. The molecule has 0 aliphatic heterocycles. The molecule has 112 valence electrons. The first-order valence-electron chi connectivity index (χ1n) is 5.96. The van der Waals surface area contributed by atoms with Crippen LogP contribution in [0.3, 0.4) is 0 Å². The fourth-order valence-electron chi connectivity index (χ4n) is 1.85. The number of hydrogen-bond donors (Lipinski definition) is 2. The molecular formula is C13H14N2O5S. The first-order valence-corrected chi connectivity index (χ1v) is 7.85. The number of nitrogens with one attached hydrogen (secondary N) is 1. The predicted octanol–water partition coefficient (Wildman–Crippen LogP) is 1.11. The number of carboxylic acid groups (broad SMARTS) is 1. The lowest BCUT2D eigenvalue weighted by atomic mass is 10.1. The van der Waals surface area contributed by atoms with Crippen molar-refractivity contribution in [3.8, 4) is 5.75 Å². The lowest BCUT2D eigenvalue weighted by Gasteiger charge is -2.03. The molecular weight excluding hydrogens is 296 g/mol. The van der Waals surface area contributed by atoms with Crippen molar-refractivity contribution in [3.05, 3.63) is 41.2 Å². The largest absolute Gasteiger partial charge is 0.497 e. The Balaban J connectivity index is 2.43. The third kappa shape index (κ3) is 3.40. The molecule has 8 heteroatoms. The quantitative estimate of drug-likeness (QED) is 0.856. The van der Waals surface area contributed by atoms with Crippen LogP contribution < -0.4 is 4.74 Å². The third-order valence-electron chi connectivity index (χ3n) is 2.83.